The molecule has 2 amide bonds. The molecule has 1 aromatic rings. The number of hydrogen-bond donors (Lipinski definition) is 3. The van der Waals surface area contributed by atoms with E-state index in [4.69, 9.17) is 26.2 Å². The second-order valence-electron chi connectivity index (χ2n) is 4.44. The quantitative estimate of drug-likeness (QED) is 0.784. The molecule has 0 spiro atoms. The molecule has 0 bridgehead atoms. The van der Waals surface area contributed by atoms with E-state index in [2.05, 4.69) is 10.6 Å². The summed E-state index contributed by atoms with van der Waals surface area (Å²) in [5.41, 5.74) is 0.306. The summed E-state index contributed by atoms with van der Waals surface area (Å²) in [6, 6.07) is 3.63. The minimum atomic E-state index is -1.12. The van der Waals surface area contributed by atoms with Crippen molar-refractivity contribution in [3.63, 3.8) is 0 Å². The Hall–Kier alpha value is -1.83. The van der Waals surface area contributed by atoms with Crippen molar-refractivity contribution in [2.75, 3.05) is 31.7 Å². The third-order valence-electron chi connectivity index (χ3n) is 2.78. The molecule has 1 atom stereocenters. The first-order chi connectivity index (χ1) is 10.0. The predicted molar refractivity (Wildman–Crippen MR) is 76.0 cm³/mol. The van der Waals surface area contributed by atoms with Gasteiger partial charge >= 0.3 is 12.0 Å². The van der Waals surface area contributed by atoms with Gasteiger partial charge in [0, 0.05) is 17.3 Å². The molecule has 1 aromatic carbocycles. The van der Waals surface area contributed by atoms with Crippen molar-refractivity contribution >= 4 is 29.3 Å². The van der Waals surface area contributed by atoms with Crippen LogP contribution in [-0.2, 0) is 9.47 Å². The molecule has 114 valence electrons. The van der Waals surface area contributed by atoms with Crippen LogP contribution >= 0.6 is 11.6 Å². The first-order valence-corrected chi connectivity index (χ1v) is 6.70. The molecule has 0 radical (unpaired) electrons. The van der Waals surface area contributed by atoms with Gasteiger partial charge in [0.2, 0.25) is 0 Å². The Morgan fingerprint density at radius 2 is 2.14 bits per heavy atom. The van der Waals surface area contributed by atoms with E-state index in [0.29, 0.717) is 32.1 Å². The lowest BCUT2D eigenvalue weighted by atomic mass is 10.2. The van der Waals surface area contributed by atoms with Crippen LogP contribution in [0.1, 0.15) is 10.4 Å². The van der Waals surface area contributed by atoms with Crippen LogP contribution in [0.3, 0.4) is 0 Å². The Labute approximate surface area is 126 Å². The van der Waals surface area contributed by atoms with Gasteiger partial charge in [-0.15, -0.1) is 0 Å². The molecule has 7 nitrogen and oxygen atoms in total. The van der Waals surface area contributed by atoms with E-state index in [9.17, 15) is 9.59 Å². The molecule has 1 fully saturated rings. The zero-order chi connectivity index (χ0) is 15.2. The number of hydrogen-bond acceptors (Lipinski definition) is 4. The first-order valence-electron chi connectivity index (χ1n) is 6.32. The van der Waals surface area contributed by atoms with Gasteiger partial charge in [0.1, 0.15) is 0 Å². The summed E-state index contributed by atoms with van der Waals surface area (Å²) in [5, 5.41) is 14.3. The summed E-state index contributed by atoms with van der Waals surface area (Å²) in [4.78, 5) is 22.6. The third kappa shape index (κ3) is 4.89. The molecule has 21 heavy (non-hydrogen) atoms. The van der Waals surface area contributed by atoms with Crippen LogP contribution in [0.15, 0.2) is 18.2 Å². The Kier molecular flexibility index (Phi) is 5.38. The molecule has 0 aliphatic carbocycles. The SMILES string of the molecule is O=C(NCC1COCCO1)Nc1cc(Cl)cc(C(=O)O)c1. The topological polar surface area (TPSA) is 96.9 Å². The minimum Gasteiger partial charge on any atom is -0.478 e. The summed E-state index contributed by atoms with van der Waals surface area (Å²) in [6.45, 7) is 1.80. The number of aromatic carboxylic acids is 1. The first kappa shape index (κ1) is 15.6. The molecule has 1 unspecified atom stereocenters. The fraction of sp³-hybridized carbons (Fsp3) is 0.385. The fourth-order valence-corrected chi connectivity index (χ4v) is 2.06. The number of carbonyl (C=O) groups is 2. The molecule has 0 aromatic heterocycles. The number of halogens is 1. The van der Waals surface area contributed by atoms with E-state index in [0.717, 1.165) is 0 Å². The number of carboxylic acids is 1. The van der Waals surface area contributed by atoms with Crippen LogP contribution in [0, 0.1) is 0 Å². The maximum absolute atomic E-state index is 11.7. The Bertz CT molecular complexity index is 531. The number of benzene rings is 1. The lowest BCUT2D eigenvalue weighted by Crippen LogP contribution is -2.41. The molecule has 1 aliphatic heterocycles. The van der Waals surface area contributed by atoms with Crippen molar-refractivity contribution in [3.05, 3.63) is 28.8 Å². The largest absolute Gasteiger partial charge is 0.478 e. The number of carbonyl (C=O) groups excluding carboxylic acids is 1. The molecule has 0 saturated carbocycles. The van der Waals surface area contributed by atoms with Crippen molar-refractivity contribution in [3.8, 4) is 0 Å². The highest BCUT2D eigenvalue weighted by Gasteiger charge is 2.15. The van der Waals surface area contributed by atoms with E-state index in [1.807, 2.05) is 0 Å². The maximum atomic E-state index is 11.7. The van der Waals surface area contributed by atoms with Crippen LogP contribution < -0.4 is 10.6 Å². The summed E-state index contributed by atoms with van der Waals surface area (Å²) in [6.07, 6.45) is -0.182. The van der Waals surface area contributed by atoms with Gasteiger partial charge in [-0.05, 0) is 18.2 Å². The van der Waals surface area contributed by atoms with E-state index >= 15 is 0 Å². The lowest BCUT2D eigenvalue weighted by molar-refractivity contribution is -0.0852. The molecule has 2 rings (SSSR count). The molecule has 3 N–H and O–H groups in total. The monoisotopic (exact) mass is 314 g/mol. The number of rotatable bonds is 4. The van der Waals surface area contributed by atoms with Gasteiger partial charge in [0.05, 0.1) is 31.5 Å². The lowest BCUT2D eigenvalue weighted by Gasteiger charge is -2.23. The van der Waals surface area contributed by atoms with Crippen LogP contribution in [-0.4, -0.2) is 49.6 Å². The predicted octanol–water partition coefficient (Wildman–Crippen LogP) is 1.58. The Balaban J connectivity index is 1.88. The fourth-order valence-electron chi connectivity index (χ4n) is 1.82. The highest BCUT2D eigenvalue weighted by atomic mass is 35.5. The average molecular weight is 315 g/mol. The number of ether oxygens (including phenoxy) is 2. The highest BCUT2D eigenvalue weighted by molar-refractivity contribution is 6.31. The highest BCUT2D eigenvalue weighted by Crippen LogP contribution is 2.19. The van der Waals surface area contributed by atoms with Crippen LogP contribution in [0.4, 0.5) is 10.5 Å². The van der Waals surface area contributed by atoms with Gasteiger partial charge in [-0.1, -0.05) is 11.6 Å². The Morgan fingerprint density at radius 1 is 1.33 bits per heavy atom. The minimum absolute atomic E-state index is 0.00168. The second-order valence-corrected chi connectivity index (χ2v) is 4.87. The van der Waals surface area contributed by atoms with E-state index in [-0.39, 0.29) is 16.7 Å². The van der Waals surface area contributed by atoms with E-state index < -0.39 is 12.0 Å². The standard InChI is InChI=1S/C13H15ClN2O5/c14-9-3-8(12(17)18)4-10(5-9)16-13(19)15-6-11-7-20-1-2-21-11/h3-5,11H,1-2,6-7H2,(H,17,18)(H2,15,16,19). The van der Waals surface area contributed by atoms with Gasteiger partial charge < -0.3 is 25.2 Å². The third-order valence-corrected chi connectivity index (χ3v) is 3.00. The number of amides is 2. The van der Waals surface area contributed by atoms with Crippen molar-refractivity contribution < 1.29 is 24.2 Å². The van der Waals surface area contributed by atoms with Crippen LogP contribution in [0.25, 0.3) is 0 Å². The maximum Gasteiger partial charge on any atom is 0.335 e. The van der Waals surface area contributed by atoms with Gasteiger partial charge in [0.15, 0.2) is 0 Å². The van der Waals surface area contributed by atoms with Crippen molar-refractivity contribution in [1.29, 1.82) is 0 Å². The Morgan fingerprint density at radius 3 is 2.81 bits per heavy atom. The van der Waals surface area contributed by atoms with Gasteiger partial charge in [-0.3, -0.25) is 0 Å². The van der Waals surface area contributed by atoms with Crippen molar-refractivity contribution in [2.24, 2.45) is 0 Å². The van der Waals surface area contributed by atoms with Gasteiger partial charge in [-0.25, -0.2) is 9.59 Å². The summed E-state index contributed by atoms with van der Waals surface area (Å²) in [5.74, 6) is -1.12. The normalized spacial score (nSPS) is 18.0. The van der Waals surface area contributed by atoms with Crippen LogP contribution in [0.5, 0.6) is 0 Å². The molecule has 8 heteroatoms. The summed E-state index contributed by atoms with van der Waals surface area (Å²) < 4.78 is 10.6. The van der Waals surface area contributed by atoms with E-state index in [1.54, 1.807) is 0 Å². The number of urea groups is 1. The molecule has 1 heterocycles. The zero-order valence-corrected chi connectivity index (χ0v) is 11.9. The molecule has 1 saturated heterocycles. The average Bonchev–Trinajstić information content (AvgIpc) is 2.45. The van der Waals surface area contributed by atoms with Crippen molar-refractivity contribution in [1.82, 2.24) is 5.32 Å². The number of carboxylic acid groups (broad SMARTS) is 1. The zero-order valence-electron chi connectivity index (χ0n) is 11.1. The van der Waals surface area contributed by atoms with Gasteiger partial charge in [0.25, 0.3) is 0 Å². The van der Waals surface area contributed by atoms with Crippen molar-refractivity contribution in [2.45, 2.75) is 6.10 Å². The van der Waals surface area contributed by atoms with Crippen LogP contribution in [0.2, 0.25) is 5.02 Å². The second kappa shape index (κ2) is 7.26. The molecular formula is C13H15ClN2O5. The molecule has 1 aliphatic rings. The molecular weight excluding hydrogens is 300 g/mol. The van der Waals surface area contributed by atoms with E-state index in [1.165, 1.54) is 18.2 Å². The smallest absolute Gasteiger partial charge is 0.335 e. The summed E-state index contributed by atoms with van der Waals surface area (Å²) in [7, 11) is 0. The number of anilines is 1. The van der Waals surface area contributed by atoms with Gasteiger partial charge in [-0.2, -0.15) is 0 Å². The summed E-state index contributed by atoms with van der Waals surface area (Å²) >= 11 is 5.80. The number of nitrogens with one attached hydrogen (secondary N) is 2.